The summed E-state index contributed by atoms with van der Waals surface area (Å²) in [6, 6.07) is 17.7. The van der Waals surface area contributed by atoms with Crippen molar-refractivity contribution in [3.05, 3.63) is 59.7 Å². The molecule has 1 nitrogen and oxygen atoms in total. The molecule has 0 saturated heterocycles. The van der Waals surface area contributed by atoms with Gasteiger partial charge in [0.05, 0.1) is 0 Å². The Hall–Kier alpha value is -1.76. The Morgan fingerprint density at radius 3 is 1.65 bits per heavy atom. The first-order valence-electron chi connectivity index (χ1n) is 7.53. The molecule has 0 amide bonds. The van der Waals surface area contributed by atoms with Crippen molar-refractivity contribution in [2.45, 2.75) is 45.6 Å². The second-order valence-electron chi connectivity index (χ2n) is 6.62. The van der Waals surface area contributed by atoms with Gasteiger partial charge in [-0.25, -0.2) is 0 Å². The number of anilines is 2. The van der Waals surface area contributed by atoms with Gasteiger partial charge in [0.1, 0.15) is 0 Å². The molecule has 0 N–H and O–H groups in total. The van der Waals surface area contributed by atoms with Crippen LogP contribution in [0.3, 0.4) is 0 Å². The van der Waals surface area contributed by atoms with E-state index in [0.717, 1.165) is 12.8 Å². The van der Waals surface area contributed by atoms with Crippen LogP contribution in [0.1, 0.15) is 38.3 Å². The number of hydrogen-bond acceptors (Lipinski definition) is 1. The standard InChI is InChI=1S/C19H23N/c1-19(2,3)20-17-13-6-4-9-15(17)11-8-12-16-10-5-7-14-18(16)20/h4-7,9-10,13-14H,8,11-12H2,1-3H3. The molecule has 0 aliphatic carbocycles. The van der Waals surface area contributed by atoms with Crippen LogP contribution < -0.4 is 4.90 Å². The molecule has 0 spiro atoms. The molecule has 1 aliphatic rings. The lowest BCUT2D eigenvalue weighted by Gasteiger charge is -2.41. The van der Waals surface area contributed by atoms with Crippen LogP contribution in [-0.4, -0.2) is 5.54 Å². The summed E-state index contributed by atoms with van der Waals surface area (Å²) in [5, 5.41) is 0. The van der Waals surface area contributed by atoms with Crippen LogP contribution >= 0.6 is 0 Å². The molecule has 1 heteroatoms. The molecule has 0 bridgehead atoms. The molecule has 0 atom stereocenters. The lowest BCUT2D eigenvalue weighted by molar-refractivity contribution is 0.554. The first-order valence-corrected chi connectivity index (χ1v) is 7.53. The Labute approximate surface area is 122 Å². The molecule has 0 radical (unpaired) electrons. The fourth-order valence-electron chi connectivity index (χ4n) is 3.20. The second-order valence-corrected chi connectivity index (χ2v) is 6.62. The van der Waals surface area contributed by atoms with E-state index >= 15 is 0 Å². The SMILES string of the molecule is CC(C)(C)N1c2ccccc2CCCc2ccccc21. The van der Waals surface area contributed by atoms with Crippen molar-refractivity contribution in [2.24, 2.45) is 0 Å². The molecule has 20 heavy (non-hydrogen) atoms. The maximum absolute atomic E-state index is 2.51. The first-order chi connectivity index (χ1) is 9.57. The van der Waals surface area contributed by atoms with Crippen LogP contribution in [-0.2, 0) is 12.8 Å². The highest BCUT2D eigenvalue weighted by molar-refractivity contribution is 5.71. The average Bonchev–Trinajstić information content (AvgIpc) is 2.38. The van der Waals surface area contributed by atoms with Crippen LogP contribution in [0.15, 0.2) is 48.5 Å². The van der Waals surface area contributed by atoms with Gasteiger partial charge in [0, 0.05) is 16.9 Å². The van der Waals surface area contributed by atoms with Crippen molar-refractivity contribution in [3.8, 4) is 0 Å². The second kappa shape index (κ2) is 4.97. The fraction of sp³-hybridized carbons (Fsp3) is 0.368. The summed E-state index contributed by atoms with van der Waals surface area (Å²) in [7, 11) is 0. The predicted octanol–water partition coefficient (Wildman–Crippen LogP) is 5.11. The molecule has 104 valence electrons. The lowest BCUT2D eigenvalue weighted by atomic mass is 9.93. The van der Waals surface area contributed by atoms with Gasteiger partial charge in [-0.1, -0.05) is 36.4 Å². The quantitative estimate of drug-likeness (QED) is 0.639. The largest absolute Gasteiger partial charge is 0.336 e. The van der Waals surface area contributed by atoms with E-state index in [0.29, 0.717) is 0 Å². The number of para-hydroxylation sites is 2. The number of aryl methyl sites for hydroxylation is 2. The van der Waals surface area contributed by atoms with Gasteiger partial charge < -0.3 is 4.90 Å². The predicted molar refractivity (Wildman–Crippen MR) is 86.8 cm³/mol. The summed E-state index contributed by atoms with van der Waals surface area (Å²) >= 11 is 0. The summed E-state index contributed by atoms with van der Waals surface area (Å²) in [6.07, 6.45) is 3.56. The zero-order valence-corrected chi connectivity index (χ0v) is 12.7. The molecule has 0 fully saturated rings. The van der Waals surface area contributed by atoms with Crippen LogP contribution in [0.25, 0.3) is 0 Å². The van der Waals surface area contributed by atoms with Gasteiger partial charge in [-0.3, -0.25) is 0 Å². The average molecular weight is 265 g/mol. The molecule has 0 saturated carbocycles. The van der Waals surface area contributed by atoms with Crippen molar-refractivity contribution in [3.63, 3.8) is 0 Å². The third-order valence-corrected chi connectivity index (χ3v) is 4.03. The summed E-state index contributed by atoms with van der Waals surface area (Å²) in [5.74, 6) is 0. The van der Waals surface area contributed by atoms with Crippen molar-refractivity contribution in [1.82, 2.24) is 0 Å². The fourth-order valence-corrected chi connectivity index (χ4v) is 3.20. The minimum absolute atomic E-state index is 0.0730. The van der Waals surface area contributed by atoms with E-state index < -0.39 is 0 Å². The Bertz CT molecular complexity index is 560. The Morgan fingerprint density at radius 2 is 1.20 bits per heavy atom. The van der Waals surface area contributed by atoms with Crippen molar-refractivity contribution >= 4 is 11.4 Å². The van der Waals surface area contributed by atoms with E-state index in [1.807, 2.05) is 0 Å². The van der Waals surface area contributed by atoms with Gasteiger partial charge in [0.2, 0.25) is 0 Å². The number of fused-ring (bicyclic) bond motifs is 2. The van der Waals surface area contributed by atoms with Crippen LogP contribution in [0.2, 0.25) is 0 Å². The van der Waals surface area contributed by atoms with E-state index in [1.165, 1.54) is 28.9 Å². The summed E-state index contributed by atoms with van der Waals surface area (Å²) in [6.45, 7) is 6.88. The van der Waals surface area contributed by atoms with Crippen molar-refractivity contribution in [1.29, 1.82) is 0 Å². The molecule has 2 aromatic rings. The van der Waals surface area contributed by atoms with Gasteiger partial charge in [0.25, 0.3) is 0 Å². The summed E-state index contributed by atoms with van der Waals surface area (Å²) < 4.78 is 0. The molecule has 1 heterocycles. The lowest BCUT2D eigenvalue weighted by Crippen LogP contribution is -2.39. The highest BCUT2D eigenvalue weighted by atomic mass is 15.2. The van der Waals surface area contributed by atoms with Gasteiger partial charge in [-0.2, -0.15) is 0 Å². The first kappa shape index (κ1) is 13.2. The third kappa shape index (κ3) is 2.33. The van der Waals surface area contributed by atoms with Crippen molar-refractivity contribution in [2.75, 3.05) is 4.90 Å². The van der Waals surface area contributed by atoms with E-state index in [-0.39, 0.29) is 5.54 Å². The molecule has 1 aliphatic heterocycles. The molecular weight excluding hydrogens is 242 g/mol. The maximum atomic E-state index is 2.51. The summed E-state index contributed by atoms with van der Waals surface area (Å²) in [4.78, 5) is 2.51. The van der Waals surface area contributed by atoms with Crippen LogP contribution in [0, 0.1) is 0 Å². The highest BCUT2D eigenvalue weighted by Gasteiger charge is 2.27. The van der Waals surface area contributed by atoms with Gasteiger partial charge in [-0.05, 0) is 63.3 Å². The minimum Gasteiger partial charge on any atom is -0.336 e. The van der Waals surface area contributed by atoms with Gasteiger partial charge in [-0.15, -0.1) is 0 Å². The summed E-state index contributed by atoms with van der Waals surface area (Å²) in [5.41, 5.74) is 5.75. The van der Waals surface area contributed by atoms with Gasteiger partial charge >= 0.3 is 0 Å². The highest BCUT2D eigenvalue weighted by Crippen LogP contribution is 2.39. The number of nitrogens with zero attached hydrogens (tertiary/aromatic N) is 1. The molecule has 3 rings (SSSR count). The third-order valence-electron chi connectivity index (χ3n) is 4.03. The van der Waals surface area contributed by atoms with E-state index in [4.69, 9.17) is 0 Å². The topological polar surface area (TPSA) is 3.24 Å². The van der Waals surface area contributed by atoms with Gasteiger partial charge in [0.15, 0.2) is 0 Å². The Kier molecular flexibility index (Phi) is 3.29. The van der Waals surface area contributed by atoms with Crippen LogP contribution in [0.4, 0.5) is 11.4 Å². The number of rotatable bonds is 0. The van der Waals surface area contributed by atoms with Crippen LogP contribution in [0.5, 0.6) is 0 Å². The molecule has 0 unspecified atom stereocenters. The Morgan fingerprint density at radius 1 is 0.750 bits per heavy atom. The monoisotopic (exact) mass is 265 g/mol. The van der Waals surface area contributed by atoms with E-state index in [1.54, 1.807) is 0 Å². The maximum Gasteiger partial charge on any atom is 0.0448 e. The minimum atomic E-state index is 0.0730. The zero-order valence-electron chi connectivity index (χ0n) is 12.7. The normalized spacial score (nSPS) is 15.1. The number of hydrogen-bond donors (Lipinski definition) is 0. The zero-order chi connectivity index (χ0) is 14.2. The van der Waals surface area contributed by atoms with Crippen molar-refractivity contribution < 1.29 is 0 Å². The smallest absolute Gasteiger partial charge is 0.0448 e. The Balaban J connectivity index is 2.24. The molecule has 2 aromatic carbocycles. The molecular formula is C19H23N. The van der Waals surface area contributed by atoms with E-state index in [2.05, 4.69) is 74.2 Å². The number of benzene rings is 2. The molecule has 0 aromatic heterocycles. The van der Waals surface area contributed by atoms with E-state index in [9.17, 15) is 0 Å².